The molecule has 4 N–H and O–H groups in total. The number of hydrogen-bond acceptors (Lipinski definition) is 7. The molecule has 1 amide bonds. The molecule has 1 aliphatic heterocycles. The van der Waals surface area contributed by atoms with Crippen LogP contribution in [0.25, 0.3) is 0 Å². The number of nitrogens with one attached hydrogen (secondary N) is 1. The fourth-order valence-corrected chi connectivity index (χ4v) is 3.00. The van der Waals surface area contributed by atoms with E-state index < -0.39 is 42.7 Å². The van der Waals surface area contributed by atoms with Crippen LogP contribution in [0.5, 0.6) is 0 Å². The summed E-state index contributed by atoms with van der Waals surface area (Å²) in [5.74, 6) is -0.435. The Labute approximate surface area is 156 Å². The lowest BCUT2D eigenvalue weighted by Crippen LogP contribution is -2.36. The van der Waals surface area contributed by atoms with Crippen molar-refractivity contribution >= 4 is 27.7 Å². The number of aliphatic hydroxyl groups excluding tert-OH is 3. The molecule has 0 aliphatic carbocycles. The predicted molar refractivity (Wildman–Crippen MR) is 93.6 cm³/mol. The first kappa shape index (κ1) is 18.7. The molecule has 0 spiro atoms. The van der Waals surface area contributed by atoms with E-state index in [0.29, 0.717) is 5.56 Å². The highest BCUT2D eigenvalue weighted by molar-refractivity contribution is 9.10. The molecule has 1 aliphatic rings. The largest absolute Gasteiger partial charge is 0.394 e. The number of aromatic nitrogens is 2. The molecule has 138 valence electrons. The van der Waals surface area contributed by atoms with E-state index in [9.17, 15) is 19.8 Å². The number of anilines is 1. The van der Waals surface area contributed by atoms with E-state index in [1.165, 1.54) is 6.20 Å². The van der Waals surface area contributed by atoms with E-state index >= 15 is 0 Å². The SMILES string of the molecule is O=C(Nc1nc(=O)n([C@@H]2O[C@H](CO)[C@@H](O)[C@H]2O)cc1Br)c1ccccc1. The molecule has 26 heavy (non-hydrogen) atoms. The van der Waals surface area contributed by atoms with Gasteiger partial charge in [-0.25, -0.2) is 4.79 Å². The molecule has 0 unspecified atom stereocenters. The van der Waals surface area contributed by atoms with Gasteiger partial charge in [0.2, 0.25) is 0 Å². The molecule has 0 saturated carbocycles. The van der Waals surface area contributed by atoms with Gasteiger partial charge in [-0.1, -0.05) is 18.2 Å². The molecule has 10 heteroatoms. The van der Waals surface area contributed by atoms with Crippen LogP contribution in [-0.2, 0) is 4.74 Å². The van der Waals surface area contributed by atoms with Crippen molar-refractivity contribution in [1.29, 1.82) is 0 Å². The van der Waals surface area contributed by atoms with Crippen molar-refractivity contribution in [2.45, 2.75) is 24.5 Å². The zero-order chi connectivity index (χ0) is 18.8. The first-order chi connectivity index (χ1) is 12.4. The number of benzene rings is 1. The van der Waals surface area contributed by atoms with Gasteiger partial charge in [0.05, 0.1) is 11.1 Å². The number of ether oxygens (including phenoxy) is 1. The molecule has 2 heterocycles. The van der Waals surface area contributed by atoms with Gasteiger partial charge in [-0.05, 0) is 28.1 Å². The van der Waals surface area contributed by atoms with Crippen molar-refractivity contribution in [3.63, 3.8) is 0 Å². The van der Waals surface area contributed by atoms with Gasteiger partial charge in [0.25, 0.3) is 5.91 Å². The van der Waals surface area contributed by atoms with Gasteiger partial charge < -0.3 is 25.4 Å². The van der Waals surface area contributed by atoms with Crippen LogP contribution in [-0.4, -0.2) is 55.7 Å². The monoisotopic (exact) mass is 425 g/mol. The van der Waals surface area contributed by atoms with Gasteiger partial charge in [0.15, 0.2) is 12.0 Å². The van der Waals surface area contributed by atoms with Crippen molar-refractivity contribution in [3.05, 3.63) is 57.0 Å². The van der Waals surface area contributed by atoms with Gasteiger partial charge in [0, 0.05) is 11.8 Å². The average molecular weight is 426 g/mol. The number of carbonyl (C=O) groups excluding carboxylic acids is 1. The van der Waals surface area contributed by atoms with Gasteiger partial charge in [-0.15, -0.1) is 0 Å². The summed E-state index contributed by atoms with van der Waals surface area (Å²) in [6.45, 7) is -0.511. The Morgan fingerprint density at radius 1 is 1.27 bits per heavy atom. The highest BCUT2D eigenvalue weighted by atomic mass is 79.9. The summed E-state index contributed by atoms with van der Waals surface area (Å²) in [6.07, 6.45) is -3.69. The van der Waals surface area contributed by atoms with Crippen LogP contribution in [0, 0.1) is 0 Å². The summed E-state index contributed by atoms with van der Waals surface area (Å²) in [5, 5.41) is 31.5. The van der Waals surface area contributed by atoms with Crippen molar-refractivity contribution in [2.24, 2.45) is 0 Å². The van der Waals surface area contributed by atoms with Crippen LogP contribution in [0.1, 0.15) is 16.6 Å². The van der Waals surface area contributed by atoms with E-state index in [4.69, 9.17) is 9.84 Å². The quantitative estimate of drug-likeness (QED) is 0.535. The summed E-state index contributed by atoms with van der Waals surface area (Å²) in [5.41, 5.74) is -0.403. The average Bonchev–Trinajstić information content (AvgIpc) is 2.93. The van der Waals surface area contributed by atoms with Crippen molar-refractivity contribution in [2.75, 3.05) is 11.9 Å². The molecule has 0 radical (unpaired) electrons. The standard InChI is InChI=1S/C16H16BrN3O6/c17-9-6-20(15-12(23)11(22)10(7-21)26-15)16(25)19-13(9)18-14(24)8-4-2-1-3-5-8/h1-6,10-12,15,21-23H,7H2,(H,18,19,24,25)/t10-,11-,12-,15-/m1/s1. The predicted octanol–water partition coefficient (Wildman–Crippen LogP) is -0.130. The number of hydrogen-bond donors (Lipinski definition) is 4. The van der Waals surface area contributed by atoms with E-state index in [2.05, 4.69) is 26.2 Å². The Morgan fingerprint density at radius 2 is 1.96 bits per heavy atom. The highest BCUT2D eigenvalue weighted by Crippen LogP contribution is 2.29. The second-order valence-corrected chi connectivity index (χ2v) is 6.53. The maximum absolute atomic E-state index is 12.3. The van der Waals surface area contributed by atoms with E-state index in [-0.39, 0.29) is 10.3 Å². The van der Waals surface area contributed by atoms with E-state index in [1.807, 2.05) is 0 Å². The highest BCUT2D eigenvalue weighted by Gasteiger charge is 2.43. The maximum Gasteiger partial charge on any atom is 0.351 e. The topological polar surface area (TPSA) is 134 Å². The van der Waals surface area contributed by atoms with Crippen LogP contribution in [0.3, 0.4) is 0 Å². The Morgan fingerprint density at radius 3 is 2.58 bits per heavy atom. The summed E-state index contributed by atoms with van der Waals surface area (Å²) in [6, 6.07) is 8.41. The Hall–Kier alpha value is -2.11. The summed E-state index contributed by atoms with van der Waals surface area (Å²) in [4.78, 5) is 28.3. The third kappa shape index (κ3) is 3.55. The lowest BCUT2D eigenvalue weighted by atomic mass is 10.1. The van der Waals surface area contributed by atoms with E-state index in [0.717, 1.165) is 4.57 Å². The molecule has 1 aromatic carbocycles. The first-order valence-corrected chi connectivity index (χ1v) is 8.49. The minimum atomic E-state index is -1.41. The number of amides is 1. The first-order valence-electron chi connectivity index (χ1n) is 7.70. The van der Waals surface area contributed by atoms with E-state index in [1.54, 1.807) is 30.3 Å². The van der Waals surface area contributed by atoms with Crippen LogP contribution in [0.2, 0.25) is 0 Å². The van der Waals surface area contributed by atoms with Crippen molar-refractivity contribution < 1.29 is 24.9 Å². The Kier molecular flexibility index (Phi) is 5.49. The van der Waals surface area contributed by atoms with Crippen LogP contribution in [0.4, 0.5) is 5.82 Å². The Balaban J connectivity index is 1.85. The number of aliphatic hydroxyl groups is 3. The third-order valence-corrected chi connectivity index (χ3v) is 4.55. The molecule has 0 bridgehead atoms. The minimum Gasteiger partial charge on any atom is -0.394 e. The summed E-state index contributed by atoms with van der Waals surface area (Å²) in [7, 11) is 0. The lowest BCUT2D eigenvalue weighted by molar-refractivity contribution is -0.0550. The zero-order valence-corrected chi connectivity index (χ0v) is 14.9. The molecule has 2 aromatic rings. The van der Waals surface area contributed by atoms with Crippen molar-refractivity contribution in [3.8, 4) is 0 Å². The van der Waals surface area contributed by atoms with Gasteiger partial charge >= 0.3 is 5.69 Å². The number of halogens is 1. The fraction of sp³-hybridized carbons (Fsp3) is 0.312. The molecule has 9 nitrogen and oxygen atoms in total. The normalized spacial score (nSPS) is 25.2. The number of carbonyl (C=O) groups is 1. The second kappa shape index (κ2) is 7.64. The smallest absolute Gasteiger partial charge is 0.351 e. The lowest BCUT2D eigenvalue weighted by Gasteiger charge is -2.18. The molecule has 4 atom stereocenters. The minimum absolute atomic E-state index is 0.00634. The molecular weight excluding hydrogens is 410 g/mol. The molecule has 3 rings (SSSR count). The van der Waals surface area contributed by atoms with Gasteiger partial charge in [-0.3, -0.25) is 9.36 Å². The molecular formula is C16H16BrN3O6. The van der Waals surface area contributed by atoms with Crippen LogP contribution < -0.4 is 11.0 Å². The summed E-state index contributed by atoms with van der Waals surface area (Å²) < 4.78 is 6.57. The molecule has 1 saturated heterocycles. The Bertz CT molecular complexity index is 859. The van der Waals surface area contributed by atoms with Crippen LogP contribution in [0.15, 0.2) is 45.8 Å². The number of rotatable bonds is 4. The molecule has 1 fully saturated rings. The third-order valence-electron chi connectivity index (χ3n) is 3.97. The van der Waals surface area contributed by atoms with Gasteiger partial charge in [-0.2, -0.15) is 4.98 Å². The maximum atomic E-state index is 12.3. The second-order valence-electron chi connectivity index (χ2n) is 5.68. The van der Waals surface area contributed by atoms with Crippen molar-refractivity contribution in [1.82, 2.24) is 9.55 Å². The zero-order valence-electron chi connectivity index (χ0n) is 13.3. The van der Waals surface area contributed by atoms with Gasteiger partial charge in [0.1, 0.15) is 18.3 Å². The fourth-order valence-electron chi connectivity index (χ4n) is 2.59. The number of nitrogens with zero attached hydrogens (tertiary/aromatic N) is 2. The van der Waals surface area contributed by atoms with Crippen LogP contribution >= 0.6 is 15.9 Å². The summed E-state index contributed by atoms with van der Waals surface area (Å²) >= 11 is 3.21. The molecule has 1 aromatic heterocycles.